The van der Waals surface area contributed by atoms with Gasteiger partial charge < -0.3 is 19.7 Å². The molecule has 4 rings (SSSR count). The molecule has 0 spiro atoms. The summed E-state index contributed by atoms with van der Waals surface area (Å²) in [6.07, 6.45) is 0.636. The number of aldehydes is 1. The van der Waals surface area contributed by atoms with Gasteiger partial charge in [0.15, 0.2) is 11.5 Å². The summed E-state index contributed by atoms with van der Waals surface area (Å²) in [6, 6.07) is 9.32. The quantitative estimate of drug-likeness (QED) is 0.707. The largest absolute Gasteiger partial charge is 0.454 e. The highest BCUT2D eigenvalue weighted by Crippen LogP contribution is 2.35. The van der Waals surface area contributed by atoms with Gasteiger partial charge >= 0.3 is 0 Å². The minimum atomic E-state index is -0.759. The number of ether oxygens (including phenoxy) is 2. The van der Waals surface area contributed by atoms with E-state index < -0.39 is 5.92 Å². The number of carbonyl (C=O) groups excluding carboxylic acids is 3. The Morgan fingerprint density at radius 2 is 2.14 bits per heavy atom. The molecule has 29 heavy (non-hydrogen) atoms. The highest BCUT2D eigenvalue weighted by molar-refractivity contribution is 7.09. The van der Waals surface area contributed by atoms with Gasteiger partial charge in [-0.05, 0) is 36.1 Å². The Hall–Kier alpha value is -3.13. The first kappa shape index (κ1) is 19.2. The zero-order valence-corrected chi connectivity index (χ0v) is 16.7. The van der Waals surface area contributed by atoms with E-state index >= 15 is 0 Å². The molecular formula is C21H20N2O5S. The monoisotopic (exact) mass is 412 g/mol. The van der Waals surface area contributed by atoms with E-state index in [-0.39, 0.29) is 25.0 Å². The Bertz CT molecular complexity index is 983. The highest BCUT2D eigenvalue weighted by Gasteiger charge is 2.38. The van der Waals surface area contributed by atoms with Gasteiger partial charge in [0.25, 0.3) is 0 Å². The first-order chi connectivity index (χ1) is 14.1. The molecule has 2 aromatic rings. The molecule has 0 saturated carbocycles. The van der Waals surface area contributed by atoms with Gasteiger partial charge in [-0.15, -0.1) is 11.3 Å². The number of thiophene rings is 1. The molecule has 1 N–H and O–H groups in total. The third kappa shape index (κ3) is 3.88. The van der Waals surface area contributed by atoms with E-state index in [2.05, 4.69) is 5.32 Å². The average molecular weight is 412 g/mol. The van der Waals surface area contributed by atoms with Crippen LogP contribution in [0, 0.1) is 5.92 Å². The van der Waals surface area contributed by atoms with E-state index in [9.17, 15) is 14.4 Å². The van der Waals surface area contributed by atoms with E-state index in [1.807, 2.05) is 29.6 Å². The Morgan fingerprint density at radius 3 is 2.90 bits per heavy atom. The minimum Gasteiger partial charge on any atom is -0.454 e. The van der Waals surface area contributed by atoms with Crippen molar-refractivity contribution in [2.75, 3.05) is 6.79 Å². The Balaban J connectivity index is 1.44. The highest BCUT2D eigenvalue weighted by atomic mass is 32.1. The van der Waals surface area contributed by atoms with Crippen molar-refractivity contribution in [2.45, 2.75) is 26.4 Å². The van der Waals surface area contributed by atoms with Crippen molar-refractivity contribution in [1.29, 1.82) is 0 Å². The second-order valence-corrected chi connectivity index (χ2v) is 7.92. The van der Waals surface area contributed by atoms with Crippen LogP contribution in [0.4, 0.5) is 0 Å². The van der Waals surface area contributed by atoms with Gasteiger partial charge in [0, 0.05) is 22.6 Å². The number of hydrogen-bond donors (Lipinski definition) is 1. The van der Waals surface area contributed by atoms with Crippen molar-refractivity contribution in [3.05, 3.63) is 57.4 Å². The average Bonchev–Trinajstić information content (AvgIpc) is 3.44. The lowest BCUT2D eigenvalue weighted by atomic mass is 9.97. The fraction of sp³-hybridized carbons (Fsp3) is 0.286. The van der Waals surface area contributed by atoms with E-state index in [0.717, 1.165) is 10.4 Å². The number of rotatable bonds is 7. The summed E-state index contributed by atoms with van der Waals surface area (Å²) in [4.78, 5) is 39.6. The van der Waals surface area contributed by atoms with Crippen LogP contribution < -0.4 is 14.8 Å². The Labute approximate surface area is 171 Å². The molecule has 8 heteroatoms. The summed E-state index contributed by atoms with van der Waals surface area (Å²) in [7, 11) is 0. The summed E-state index contributed by atoms with van der Waals surface area (Å²) in [5.41, 5.74) is 1.80. The molecule has 0 aliphatic carbocycles. The lowest BCUT2D eigenvalue weighted by molar-refractivity contribution is -0.134. The first-order valence-electron chi connectivity index (χ1n) is 9.21. The topological polar surface area (TPSA) is 84.9 Å². The third-order valence-electron chi connectivity index (χ3n) is 5.10. The Morgan fingerprint density at radius 1 is 1.31 bits per heavy atom. The van der Waals surface area contributed by atoms with Crippen LogP contribution in [0.1, 0.15) is 23.8 Å². The number of amides is 2. The van der Waals surface area contributed by atoms with Crippen LogP contribution in [0.15, 0.2) is 47.0 Å². The van der Waals surface area contributed by atoms with Crippen molar-refractivity contribution in [3.63, 3.8) is 0 Å². The molecule has 1 aromatic carbocycles. The summed E-state index contributed by atoms with van der Waals surface area (Å²) in [6.45, 7) is 2.62. The van der Waals surface area contributed by atoms with Gasteiger partial charge in [0.05, 0.1) is 19.0 Å². The van der Waals surface area contributed by atoms with Crippen molar-refractivity contribution in [2.24, 2.45) is 5.92 Å². The van der Waals surface area contributed by atoms with E-state index in [0.29, 0.717) is 42.1 Å². The van der Waals surface area contributed by atoms with Crippen molar-refractivity contribution < 1.29 is 23.9 Å². The number of allylic oxidation sites excluding steroid dienone is 1. The molecule has 0 bridgehead atoms. The molecule has 0 fully saturated rings. The number of hydrogen-bond acceptors (Lipinski definition) is 6. The van der Waals surface area contributed by atoms with Crippen molar-refractivity contribution >= 4 is 29.4 Å². The molecule has 0 radical (unpaired) electrons. The molecule has 1 atom stereocenters. The molecule has 1 aromatic heterocycles. The van der Waals surface area contributed by atoms with E-state index in [1.54, 1.807) is 29.2 Å². The van der Waals surface area contributed by atoms with Gasteiger partial charge in [-0.2, -0.15) is 0 Å². The summed E-state index contributed by atoms with van der Waals surface area (Å²) in [5.74, 6) is 0.0470. The van der Waals surface area contributed by atoms with E-state index in [1.165, 1.54) is 0 Å². The van der Waals surface area contributed by atoms with E-state index in [4.69, 9.17) is 9.47 Å². The molecular weight excluding hydrogens is 392 g/mol. The van der Waals surface area contributed by atoms with Crippen LogP contribution in [0.2, 0.25) is 0 Å². The number of nitrogens with zero attached hydrogens (tertiary/aromatic N) is 1. The molecule has 0 saturated heterocycles. The number of carbonyl (C=O) groups is 3. The number of fused-ring (bicyclic) bond motifs is 1. The molecule has 2 aliphatic rings. The zero-order valence-electron chi connectivity index (χ0n) is 15.8. The van der Waals surface area contributed by atoms with Crippen LogP contribution in [0.3, 0.4) is 0 Å². The summed E-state index contributed by atoms with van der Waals surface area (Å²) in [5, 5.41) is 4.75. The summed E-state index contributed by atoms with van der Waals surface area (Å²) < 4.78 is 10.7. The lowest BCUT2D eigenvalue weighted by Crippen LogP contribution is -2.32. The van der Waals surface area contributed by atoms with Gasteiger partial charge in [-0.25, -0.2) is 0 Å². The molecule has 7 nitrogen and oxygen atoms in total. The van der Waals surface area contributed by atoms with Crippen LogP contribution >= 0.6 is 11.3 Å². The van der Waals surface area contributed by atoms with Gasteiger partial charge in [-0.1, -0.05) is 12.1 Å². The Kier molecular flexibility index (Phi) is 5.35. The number of nitrogens with one attached hydrogen (secondary N) is 1. The summed E-state index contributed by atoms with van der Waals surface area (Å²) >= 11 is 1.55. The van der Waals surface area contributed by atoms with Gasteiger partial charge in [0.1, 0.15) is 6.29 Å². The molecule has 150 valence electrons. The first-order valence-corrected chi connectivity index (χ1v) is 10.1. The maximum Gasteiger partial charge on any atom is 0.235 e. The normalized spacial score (nSPS) is 17.8. The van der Waals surface area contributed by atoms with Gasteiger partial charge in [0.2, 0.25) is 18.6 Å². The number of benzene rings is 1. The SMILES string of the molecule is CC1=C(C=O)C(CC(=O)NCc2cccs2)C(=O)N1Cc1ccc2c(c1)OCO2. The smallest absolute Gasteiger partial charge is 0.235 e. The zero-order chi connectivity index (χ0) is 20.4. The fourth-order valence-electron chi connectivity index (χ4n) is 3.53. The molecule has 2 amide bonds. The van der Waals surface area contributed by atoms with Gasteiger partial charge in [-0.3, -0.25) is 14.4 Å². The lowest BCUT2D eigenvalue weighted by Gasteiger charge is -2.19. The predicted molar refractivity (Wildman–Crippen MR) is 106 cm³/mol. The second kappa shape index (κ2) is 8.08. The van der Waals surface area contributed by atoms with Crippen LogP contribution in [0.5, 0.6) is 11.5 Å². The molecule has 3 heterocycles. The molecule has 2 aliphatic heterocycles. The standard InChI is InChI=1S/C21H20N2O5S/c1-13-17(11-24)16(8-20(25)22-9-15-3-2-6-29-15)21(26)23(13)10-14-4-5-18-19(7-14)28-12-27-18/h2-7,11,16H,8-10,12H2,1H3,(H,22,25). The maximum atomic E-state index is 13.0. The second-order valence-electron chi connectivity index (χ2n) is 6.88. The molecule has 1 unspecified atom stereocenters. The van der Waals surface area contributed by atoms with Crippen LogP contribution in [-0.4, -0.2) is 29.8 Å². The minimum absolute atomic E-state index is 0.0484. The van der Waals surface area contributed by atoms with Crippen LogP contribution in [-0.2, 0) is 27.5 Å². The van der Waals surface area contributed by atoms with Crippen LogP contribution in [0.25, 0.3) is 0 Å². The fourth-order valence-corrected chi connectivity index (χ4v) is 4.18. The third-order valence-corrected chi connectivity index (χ3v) is 5.97. The van der Waals surface area contributed by atoms with Crippen molar-refractivity contribution in [3.8, 4) is 11.5 Å². The van der Waals surface area contributed by atoms with Crippen molar-refractivity contribution in [1.82, 2.24) is 10.2 Å². The predicted octanol–water partition coefficient (Wildman–Crippen LogP) is 2.61. The maximum absolute atomic E-state index is 13.0.